The van der Waals surface area contributed by atoms with Crippen LogP contribution in [0.2, 0.25) is 0 Å². The first-order chi connectivity index (χ1) is 6.65. The molecule has 1 heterocycles. The lowest BCUT2D eigenvalue weighted by atomic mass is 10.4. The molecule has 5 nitrogen and oxygen atoms in total. The highest BCUT2D eigenvalue weighted by Crippen LogP contribution is 2.37. The van der Waals surface area contributed by atoms with E-state index in [0.717, 1.165) is 4.90 Å². The molecule has 1 saturated heterocycles. The van der Waals surface area contributed by atoms with Crippen LogP contribution < -0.4 is 0 Å². The van der Waals surface area contributed by atoms with Gasteiger partial charge < -0.3 is 4.74 Å². The molecule has 1 aliphatic heterocycles. The van der Waals surface area contributed by atoms with Crippen LogP contribution in [-0.4, -0.2) is 29.8 Å². The number of amides is 2. The Morgan fingerprint density at radius 3 is 2.36 bits per heavy atom. The maximum atomic E-state index is 11.2. The highest BCUT2D eigenvalue weighted by Gasteiger charge is 2.42. The number of allylic oxidation sites excluding steroid dienone is 1. The lowest BCUT2D eigenvalue weighted by Gasteiger charge is -2.07. The van der Waals surface area contributed by atoms with E-state index in [-0.39, 0.29) is 24.7 Å². The van der Waals surface area contributed by atoms with Crippen molar-refractivity contribution < 1.29 is 19.1 Å². The molecule has 0 N–H and O–H groups in total. The summed E-state index contributed by atoms with van der Waals surface area (Å²) in [4.78, 5) is 34.6. The summed E-state index contributed by atoms with van der Waals surface area (Å²) in [6, 6.07) is 0. The Labute approximate surface area is 80.3 Å². The molecule has 0 unspecified atom stereocenters. The van der Waals surface area contributed by atoms with Gasteiger partial charge in [-0.3, -0.25) is 14.5 Å². The van der Waals surface area contributed by atoms with Crippen molar-refractivity contribution in [1.82, 2.24) is 4.90 Å². The molecule has 0 bridgehead atoms. The van der Waals surface area contributed by atoms with Gasteiger partial charge in [0.1, 0.15) is 0 Å². The number of nitrogens with zero attached hydrogens (tertiary/aromatic N) is 1. The third kappa shape index (κ3) is 1.21. The number of methoxy groups -OCH3 is 1. The minimum atomic E-state index is -0.451. The van der Waals surface area contributed by atoms with Gasteiger partial charge in [0.15, 0.2) is 0 Å². The smallest absolute Gasteiger partial charge is 0.335 e. The van der Waals surface area contributed by atoms with Crippen molar-refractivity contribution in [3.8, 4) is 0 Å². The van der Waals surface area contributed by atoms with Gasteiger partial charge in [0.05, 0.1) is 12.7 Å². The minimum absolute atomic E-state index is 0.219. The fraction of sp³-hybridized carbons (Fsp3) is 0.444. The van der Waals surface area contributed by atoms with Gasteiger partial charge in [-0.05, 0) is 0 Å². The summed E-state index contributed by atoms with van der Waals surface area (Å²) in [5.41, 5.74) is 0.959. The zero-order valence-corrected chi connectivity index (χ0v) is 7.70. The Morgan fingerprint density at radius 1 is 1.29 bits per heavy atom. The average Bonchev–Trinajstić information content (AvgIpc) is 2.88. The van der Waals surface area contributed by atoms with Gasteiger partial charge in [-0.25, -0.2) is 4.79 Å². The van der Waals surface area contributed by atoms with E-state index < -0.39 is 5.97 Å². The number of likely N-dealkylation sites (tertiary alicyclic amines) is 1. The van der Waals surface area contributed by atoms with Crippen LogP contribution in [0.4, 0.5) is 0 Å². The van der Waals surface area contributed by atoms with E-state index in [4.69, 9.17) is 0 Å². The van der Waals surface area contributed by atoms with Crippen molar-refractivity contribution in [3.63, 3.8) is 0 Å². The molecule has 0 aromatic heterocycles. The maximum absolute atomic E-state index is 11.2. The Hall–Kier alpha value is -1.65. The number of ether oxygens (including phenoxy) is 1. The standard InChI is InChI=1S/C9H9NO4/c1-14-9(13)5-4-6(5)10-7(11)2-3-8(10)12/h2-4H2,1H3. The molecule has 1 aliphatic carbocycles. The molecule has 0 saturated carbocycles. The number of hydrogen-bond acceptors (Lipinski definition) is 4. The molecule has 0 spiro atoms. The fourth-order valence-electron chi connectivity index (χ4n) is 1.53. The molecular formula is C9H9NO4. The Bertz CT molecular complexity index is 353. The van der Waals surface area contributed by atoms with E-state index in [2.05, 4.69) is 4.74 Å². The molecule has 0 radical (unpaired) electrons. The second-order valence-electron chi connectivity index (χ2n) is 3.22. The first-order valence-electron chi connectivity index (χ1n) is 4.31. The van der Waals surface area contributed by atoms with Crippen LogP contribution in [0, 0.1) is 0 Å². The molecule has 74 valence electrons. The van der Waals surface area contributed by atoms with Crippen LogP contribution in [0.15, 0.2) is 11.3 Å². The van der Waals surface area contributed by atoms with Crippen molar-refractivity contribution >= 4 is 17.8 Å². The lowest BCUT2D eigenvalue weighted by Crippen LogP contribution is -2.24. The summed E-state index contributed by atoms with van der Waals surface area (Å²) in [7, 11) is 1.28. The van der Waals surface area contributed by atoms with Crippen LogP contribution in [0.1, 0.15) is 19.3 Å². The summed E-state index contributed by atoms with van der Waals surface area (Å²) in [6.07, 6.45) is 0.887. The van der Waals surface area contributed by atoms with Gasteiger partial charge in [0, 0.05) is 25.0 Å². The van der Waals surface area contributed by atoms with E-state index in [0.29, 0.717) is 17.7 Å². The van der Waals surface area contributed by atoms with Gasteiger partial charge in [0.2, 0.25) is 11.8 Å². The van der Waals surface area contributed by atoms with Crippen molar-refractivity contribution in [2.24, 2.45) is 0 Å². The third-order valence-corrected chi connectivity index (χ3v) is 2.32. The van der Waals surface area contributed by atoms with Crippen LogP contribution >= 0.6 is 0 Å². The van der Waals surface area contributed by atoms with Crippen molar-refractivity contribution in [2.45, 2.75) is 19.3 Å². The summed E-state index contributed by atoms with van der Waals surface area (Å²) < 4.78 is 4.49. The van der Waals surface area contributed by atoms with Crippen LogP contribution in [-0.2, 0) is 19.1 Å². The highest BCUT2D eigenvalue weighted by molar-refractivity contribution is 6.07. The van der Waals surface area contributed by atoms with Gasteiger partial charge in [-0.1, -0.05) is 0 Å². The lowest BCUT2D eigenvalue weighted by molar-refractivity contribution is -0.135. The summed E-state index contributed by atoms with van der Waals surface area (Å²) in [5, 5.41) is 0. The zero-order valence-electron chi connectivity index (χ0n) is 7.70. The van der Waals surface area contributed by atoms with E-state index >= 15 is 0 Å². The topological polar surface area (TPSA) is 63.7 Å². The second-order valence-corrected chi connectivity index (χ2v) is 3.22. The van der Waals surface area contributed by atoms with Crippen LogP contribution in [0.3, 0.4) is 0 Å². The Kier molecular flexibility index (Phi) is 1.87. The number of carbonyl (C=O) groups excluding carboxylic acids is 3. The van der Waals surface area contributed by atoms with E-state index in [9.17, 15) is 14.4 Å². The SMILES string of the molecule is COC(=O)C1=C(N2C(=O)CCC2=O)C1. The Morgan fingerprint density at radius 2 is 1.86 bits per heavy atom. The van der Waals surface area contributed by atoms with Gasteiger partial charge in [-0.2, -0.15) is 0 Å². The van der Waals surface area contributed by atoms with Gasteiger partial charge in [-0.15, -0.1) is 0 Å². The van der Waals surface area contributed by atoms with E-state index in [1.54, 1.807) is 0 Å². The number of carbonyl (C=O) groups is 3. The molecule has 14 heavy (non-hydrogen) atoms. The molecule has 1 fully saturated rings. The van der Waals surface area contributed by atoms with Gasteiger partial charge in [0.25, 0.3) is 0 Å². The number of rotatable bonds is 2. The third-order valence-electron chi connectivity index (χ3n) is 2.32. The Balaban J connectivity index is 2.19. The summed E-state index contributed by atoms with van der Waals surface area (Å²) in [6.45, 7) is 0. The predicted molar refractivity (Wildman–Crippen MR) is 44.7 cm³/mol. The highest BCUT2D eigenvalue weighted by atomic mass is 16.5. The van der Waals surface area contributed by atoms with Crippen molar-refractivity contribution in [2.75, 3.05) is 7.11 Å². The van der Waals surface area contributed by atoms with E-state index in [1.807, 2.05) is 0 Å². The first kappa shape index (κ1) is 8.93. The molecule has 2 rings (SSSR count). The molecular weight excluding hydrogens is 186 g/mol. The fourth-order valence-corrected chi connectivity index (χ4v) is 1.53. The van der Waals surface area contributed by atoms with Crippen LogP contribution in [0.5, 0.6) is 0 Å². The van der Waals surface area contributed by atoms with Crippen molar-refractivity contribution in [3.05, 3.63) is 11.3 Å². The molecule has 2 amide bonds. The normalized spacial score (nSPS) is 20.5. The second kappa shape index (κ2) is 2.94. The van der Waals surface area contributed by atoms with Crippen molar-refractivity contribution in [1.29, 1.82) is 0 Å². The van der Waals surface area contributed by atoms with Crippen LogP contribution in [0.25, 0.3) is 0 Å². The molecule has 0 aromatic carbocycles. The number of imide groups is 1. The summed E-state index contributed by atoms with van der Waals surface area (Å²) in [5.74, 6) is -0.889. The molecule has 0 atom stereocenters. The predicted octanol–water partition coefficient (Wildman–Crippen LogP) is -0.0338. The number of esters is 1. The van der Waals surface area contributed by atoms with Gasteiger partial charge >= 0.3 is 5.97 Å². The van der Waals surface area contributed by atoms with E-state index in [1.165, 1.54) is 7.11 Å². The largest absolute Gasteiger partial charge is 0.466 e. The average molecular weight is 195 g/mol. The minimum Gasteiger partial charge on any atom is -0.466 e. The maximum Gasteiger partial charge on any atom is 0.335 e. The molecule has 0 aromatic rings. The first-order valence-corrected chi connectivity index (χ1v) is 4.31. The monoisotopic (exact) mass is 195 g/mol. The summed E-state index contributed by atoms with van der Waals surface area (Å²) >= 11 is 0. The molecule has 2 aliphatic rings. The number of hydrogen-bond donors (Lipinski definition) is 0. The zero-order chi connectivity index (χ0) is 10.3. The molecule has 5 heteroatoms. The quantitative estimate of drug-likeness (QED) is 0.458.